The Balaban J connectivity index is 1.99. The van der Waals surface area contributed by atoms with Crippen LogP contribution in [0.2, 0.25) is 5.02 Å². The summed E-state index contributed by atoms with van der Waals surface area (Å²) in [6.45, 7) is 8.21. The van der Waals surface area contributed by atoms with Gasteiger partial charge in [-0.1, -0.05) is 83.9 Å². The third-order valence-corrected chi connectivity index (χ3v) is 5.68. The summed E-state index contributed by atoms with van der Waals surface area (Å²) in [5, 5.41) is 3.68. The second-order valence-corrected chi connectivity index (χ2v) is 10.2. The van der Waals surface area contributed by atoms with E-state index in [2.05, 4.69) is 11.4 Å². The molecule has 4 nitrogen and oxygen atoms in total. The van der Waals surface area contributed by atoms with Gasteiger partial charge in [0.05, 0.1) is 6.42 Å². The zero-order chi connectivity index (χ0) is 24.7. The first kappa shape index (κ1) is 25.5. The molecule has 3 aromatic carbocycles. The first-order valence-corrected chi connectivity index (χ1v) is 11.9. The van der Waals surface area contributed by atoms with Crippen LogP contribution in [-0.2, 0) is 29.0 Å². The molecule has 0 radical (unpaired) electrons. The molecular formula is C29H33ClN2O2. The third-order valence-electron chi connectivity index (χ3n) is 5.45. The molecule has 0 aromatic heterocycles. The van der Waals surface area contributed by atoms with Gasteiger partial charge in [0.2, 0.25) is 11.8 Å². The first-order valence-electron chi connectivity index (χ1n) is 11.6. The average molecular weight is 477 g/mol. The molecule has 3 rings (SSSR count). The van der Waals surface area contributed by atoms with Crippen molar-refractivity contribution < 1.29 is 9.59 Å². The Morgan fingerprint density at radius 3 is 2.18 bits per heavy atom. The van der Waals surface area contributed by atoms with Gasteiger partial charge in [-0.2, -0.15) is 0 Å². The Kier molecular flexibility index (Phi) is 8.51. The zero-order valence-electron chi connectivity index (χ0n) is 20.3. The molecule has 34 heavy (non-hydrogen) atoms. The van der Waals surface area contributed by atoms with E-state index in [4.69, 9.17) is 11.6 Å². The highest BCUT2D eigenvalue weighted by Crippen LogP contribution is 2.19. The maximum atomic E-state index is 13.7. The van der Waals surface area contributed by atoms with Crippen molar-refractivity contribution in [3.8, 4) is 0 Å². The number of hydrogen-bond acceptors (Lipinski definition) is 2. The summed E-state index contributed by atoms with van der Waals surface area (Å²) in [5.41, 5.74) is 3.50. The zero-order valence-corrected chi connectivity index (χ0v) is 21.1. The summed E-state index contributed by atoms with van der Waals surface area (Å²) < 4.78 is 0. The maximum absolute atomic E-state index is 13.7. The summed E-state index contributed by atoms with van der Waals surface area (Å²) in [6, 6.07) is 24.5. The Morgan fingerprint density at radius 1 is 0.882 bits per heavy atom. The fraction of sp³-hybridized carbons (Fsp3) is 0.310. The lowest BCUT2D eigenvalue weighted by Crippen LogP contribution is -2.54. The lowest BCUT2D eigenvalue weighted by atomic mass is 9.99. The van der Waals surface area contributed by atoms with Crippen LogP contribution in [0.3, 0.4) is 0 Å². The van der Waals surface area contributed by atoms with Gasteiger partial charge in [0.15, 0.2) is 0 Å². The lowest BCUT2D eigenvalue weighted by molar-refractivity contribution is -0.141. The topological polar surface area (TPSA) is 49.4 Å². The SMILES string of the molecule is Cc1cccc(CN(C(=O)Cc2cccc(Cl)c2)[C@@H](Cc2ccccc2)C(=O)NC(C)(C)C)c1. The lowest BCUT2D eigenvalue weighted by Gasteiger charge is -2.34. The van der Waals surface area contributed by atoms with Crippen LogP contribution in [0.15, 0.2) is 78.9 Å². The summed E-state index contributed by atoms with van der Waals surface area (Å²) >= 11 is 6.16. The van der Waals surface area contributed by atoms with Crippen LogP contribution in [0.4, 0.5) is 0 Å². The molecule has 0 heterocycles. The molecule has 1 atom stereocenters. The van der Waals surface area contributed by atoms with Crippen LogP contribution in [0.1, 0.15) is 43.0 Å². The summed E-state index contributed by atoms with van der Waals surface area (Å²) in [5.74, 6) is -0.280. The number of rotatable bonds is 8. The quantitative estimate of drug-likeness (QED) is 0.450. The van der Waals surface area contributed by atoms with E-state index >= 15 is 0 Å². The molecule has 0 bridgehead atoms. The van der Waals surface area contributed by atoms with Gasteiger partial charge in [-0.15, -0.1) is 0 Å². The molecule has 3 aromatic rings. The second kappa shape index (κ2) is 11.3. The van der Waals surface area contributed by atoms with Gasteiger partial charge in [-0.3, -0.25) is 9.59 Å². The first-order chi connectivity index (χ1) is 16.1. The normalized spacial score (nSPS) is 12.1. The van der Waals surface area contributed by atoms with E-state index < -0.39 is 11.6 Å². The van der Waals surface area contributed by atoms with Crippen LogP contribution in [-0.4, -0.2) is 28.3 Å². The summed E-state index contributed by atoms with van der Waals surface area (Å²) in [6.07, 6.45) is 0.594. The summed E-state index contributed by atoms with van der Waals surface area (Å²) in [7, 11) is 0. The molecular weight excluding hydrogens is 444 g/mol. The van der Waals surface area contributed by atoms with Crippen LogP contribution in [0.25, 0.3) is 0 Å². The Morgan fingerprint density at radius 2 is 1.53 bits per heavy atom. The fourth-order valence-electron chi connectivity index (χ4n) is 3.94. The molecule has 5 heteroatoms. The molecule has 0 fully saturated rings. The molecule has 0 aliphatic heterocycles. The van der Waals surface area contributed by atoms with E-state index in [0.29, 0.717) is 18.0 Å². The van der Waals surface area contributed by atoms with Crippen molar-refractivity contribution in [3.05, 3.63) is 106 Å². The highest BCUT2D eigenvalue weighted by molar-refractivity contribution is 6.30. The minimum Gasteiger partial charge on any atom is -0.350 e. The van der Waals surface area contributed by atoms with Crippen LogP contribution in [0.5, 0.6) is 0 Å². The second-order valence-electron chi connectivity index (χ2n) is 9.76. The predicted molar refractivity (Wildman–Crippen MR) is 139 cm³/mol. The number of aryl methyl sites for hydroxylation is 1. The number of carbonyl (C=O) groups excluding carboxylic acids is 2. The molecule has 0 spiro atoms. The van der Waals surface area contributed by atoms with Crippen molar-refractivity contribution in [1.29, 1.82) is 0 Å². The highest BCUT2D eigenvalue weighted by atomic mass is 35.5. The van der Waals surface area contributed by atoms with Crippen molar-refractivity contribution in [2.75, 3.05) is 0 Å². The number of nitrogens with zero attached hydrogens (tertiary/aromatic N) is 1. The van der Waals surface area contributed by atoms with Crippen molar-refractivity contribution in [1.82, 2.24) is 10.2 Å². The van der Waals surface area contributed by atoms with Gasteiger partial charge < -0.3 is 10.2 Å². The standard InChI is InChI=1S/C29H33ClN2O2/c1-21-10-8-14-24(16-21)20-32(27(33)19-23-13-9-15-25(30)17-23)26(28(34)31-29(2,3)4)18-22-11-6-5-7-12-22/h5-17,26H,18-20H2,1-4H3,(H,31,34)/t26-/m0/s1. The Labute approximate surface area is 207 Å². The van der Waals surface area contributed by atoms with E-state index in [1.54, 1.807) is 17.0 Å². The van der Waals surface area contributed by atoms with E-state index in [-0.39, 0.29) is 18.2 Å². The van der Waals surface area contributed by atoms with Crippen molar-refractivity contribution in [3.63, 3.8) is 0 Å². The van der Waals surface area contributed by atoms with E-state index in [9.17, 15) is 9.59 Å². The van der Waals surface area contributed by atoms with Gasteiger partial charge in [0, 0.05) is 23.5 Å². The van der Waals surface area contributed by atoms with Crippen molar-refractivity contribution in [2.24, 2.45) is 0 Å². The number of carbonyl (C=O) groups is 2. The molecule has 178 valence electrons. The van der Waals surface area contributed by atoms with E-state index in [0.717, 1.165) is 22.3 Å². The minimum absolute atomic E-state index is 0.117. The average Bonchev–Trinajstić information content (AvgIpc) is 2.75. The van der Waals surface area contributed by atoms with Gasteiger partial charge >= 0.3 is 0 Å². The smallest absolute Gasteiger partial charge is 0.243 e. The third kappa shape index (κ3) is 7.74. The van der Waals surface area contributed by atoms with Crippen molar-refractivity contribution >= 4 is 23.4 Å². The number of amides is 2. The van der Waals surface area contributed by atoms with Gasteiger partial charge in [-0.05, 0) is 56.5 Å². The monoisotopic (exact) mass is 476 g/mol. The van der Waals surface area contributed by atoms with Crippen molar-refractivity contribution in [2.45, 2.75) is 58.7 Å². The molecule has 0 saturated heterocycles. The van der Waals surface area contributed by atoms with Gasteiger partial charge in [-0.25, -0.2) is 0 Å². The molecule has 1 N–H and O–H groups in total. The van der Waals surface area contributed by atoms with Gasteiger partial charge in [0.1, 0.15) is 6.04 Å². The van der Waals surface area contributed by atoms with Gasteiger partial charge in [0.25, 0.3) is 0 Å². The molecule has 0 unspecified atom stereocenters. The van der Waals surface area contributed by atoms with E-state index in [1.807, 2.05) is 88.4 Å². The number of hydrogen-bond donors (Lipinski definition) is 1. The molecule has 0 aliphatic carbocycles. The predicted octanol–water partition coefficient (Wildman–Crippen LogP) is 5.75. The maximum Gasteiger partial charge on any atom is 0.243 e. The molecule has 0 saturated carbocycles. The Bertz CT molecular complexity index is 1120. The summed E-state index contributed by atoms with van der Waals surface area (Å²) in [4.78, 5) is 29.0. The van der Waals surface area contributed by atoms with Crippen LogP contribution < -0.4 is 5.32 Å². The number of halogens is 1. The molecule has 0 aliphatic rings. The number of benzene rings is 3. The molecule has 2 amide bonds. The highest BCUT2D eigenvalue weighted by Gasteiger charge is 2.32. The largest absolute Gasteiger partial charge is 0.350 e. The van der Waals surface area contributed by atoms with Crippen LogP contribution in [0, 0.1) is 6.92 Å². The Hall–Kier alpha value is -3.11. The van der Waals surface area contributed by atoms with Crippen LogP contribution >= 0.6 is 11.6 Å². The number of nitrogens with one attached hydrogen (secondary N) is 1. The fourth-order valence-corrected chi connectivity index (χ4v) is 4.15. The van der Waals surface area contributed by atoms with E-state index in [1.165, 1.54) is 0 Å². The minimum atomic E-state index is -0.658.